The summed E-state index contributed by atoms with van der Waals surface area (Å²) in [6, 6.07) is 24.7. The molecule has 1 aliphatic carbocycles. The Bertz CT molecular complexity index is 1300. The van der Waals surface area contributed by atoms with Crippen LogP contribution in [0, 0.1) is 5.92 Å². The molecule has 0 spiro atoms. The molecule has 1 aliphatic heterocycles. The van der Waals surface area contributed by atoms with Crippen molar-refractivity contribution in [2.45, 2.75) is 42.5 Å². The lowest BCUT2D eigenvalue weighted by Gasteiger charge is -2.31. The van der Waals surface area contributed by atoms with Crippen LogP contribution in [0.4, 0.5) is 5.69 Å². The number of sulfonamides is 1. The fourth-order valence-electron chi connectivity index (χ4n) is 5.09. The molecule has 1 saturated carbocycles. The quantitative estimate of drug-likeness (QED) is 0.337. The summed E-state index contributed by atoms with van der Waals surface area (Å²) in [5.74, 6) is 1.00. The number of benzene rings is 3. The average Bonchev–Trinajstić information content (AvgIpc) is 3.69. The van der Waals surface area contributed by atoms with Crippen molar-refractivity contribution in [2.75, 3.05) is 25.4 Å². The van der Waals surface area contributed by atoms with Gasteiger partial charge in [-0.05, 0) is 61.1 Å². The van der Waals surface area contributed by atoms with Crippen LogP contribution >= 0.6 is 0 Å². The van der Waals surface area contributed by atoms with Crippen LogP contribution in [-0.4, -0.2) is 44.2 Å². The number of anilines is 1. The van der Waals surface area contributed by atoms with Crippen LogP contribution < -0.4 is 11.1 Å². The van der Waals surface area contributed by atoms with Gasteiger partial charge in [-0.3, -0.25) is 4.79 Å². The molecule has 0 aromatic heterocycles. The van der Waals surface area contributed by atoms with Crippen molar-refractivity contribution in [3.05, 3.63) is 95.6 Å². The number of hydrogen-bond acceptors (Lipinski definition) is 5. The van der Waals surface area contributed by atoms with Gasteiger partial charge >= 0.3 is 0 Å². The van der Waals surface area contributed by atoms with E-state index in [0.717, 1.165) is 24.9 Å². The number of ketones is 1. The van der Waals surface area contributed by atoms with Crippen molar-refractivity contribution in [3.63, 3.8) is 0 Å². The molecule has 3 aromatic carbocycles. The third-order valence-corrected chi connectivity index (χ3v) is 9.39. The molecule has 3 aromatic rings. The summed E-state index contributed by atoms with van der Waals surface area (Å²) >= 11 is 0. The van der Waals surface area contributed by atoms with Crippen molar-refractivity contribution in [2.24, 2.45) is 5.92 Å². The van der Waals surface area contributed by atoms with E-state index in [1.54, 1.807) is 34.6 Å². The van der Waals surface area contributed by atoms with E-state index >= 15 is 0 Å². The molecule has 1 saturated heterocycles. The van der Waals surface area contributed by atoms with Gasteiger partial charge in [0.1, 0.15) is 0 Å². The third-order valence-electron chi connectivity index (χ3n) is 7.48. The Labute approximate surface area is 213 Å². The van der Waals surface area contributed by atoms with Gasteiger partial charge in [0.15, 0.2) is 5.78 Å². The third kappa shape index (κ3) is 5.53. The maximum atomic E-state index is 13.2. The van der Waals surface area contributed by atoms with Gasteiger partial charge in [0.25, 0.3) is 0 Å². The zero-order valence-electron chi connectivity index (χ0n) is 20.3. The number of piperidine rings is 1. The largest absolute Gasteiger partial charge is 0.398 e. The zero-order valence-corrected chi connectivity index (χ0v) is 21.2. The van der Waals surface area contributed by atoms with Crippen LogP contribution in [-0.2, 0) is 16.4 Å². The van der Waals surface area contributed by atoms with Crippen molar-refractivity contribution < 1.29 is 13.2 Å². The highest BCUT2D eigenvalue weighted by molar-refractivity contribution is 7.89. The maximum absolute atomic E-state index is 13.2. The molecule has 2 atom stereocenters. The lowest BCUT2D eigenvalue weighted by atomic mass is 9.98. The highest BCUT2D eigenvalue weighted by atomic mass is 32.2. The smallest absolute Gasteiger partial charge is 0.243 e. The molecule has 1 heterocycles. The first-order valence-electron chi connectivity index (χ1n) is 12.7. The zero-order chi connectivity index (χ0) is 25.1. The number of nitrogens with zero attached hydrogens (tertiary/aromatic N) is 1. The minimum absolute atomic E-state index is 0.0877. The Hall–Kier alpha value is -3.00. The second kappa shape index (κ2) is 10.5. The first-order chi connectivity index (χ1) is 17.4. The normalized spacial score (nSPS) is 20.8. The van der Waals surface area contributed by atoms with Gasteiger partial charge in [-0.1, -0.05) is 60.7 Å². The standard InChI is InChI=1S/C29H33N3O3S/c30-27-9-5-4-8-24(27)18-29(33)23-10-12-25(13-11-23)36(34,35)32-16-14-21(15-17-32)20-31-28-19-26(28)22-6-2-1-3-7-22/h1-13,21,26,28,31H,14-20,30H2. The maximum Gasteiger partial charge on any atom is 0.243 e. The minimum atomic E-state index is -3.58. The topological polar surface area (TPSA) is 92.5 Å². The van der Waals surface area contributed by atoms with Gasteiger partial charge in [0.2, 0.25) is 10.0 Å². The van der Waals surface area contributed by atoms with Crippen LogP contribution in [0.15, 0.2) is 83.8 Å². The van der Waals surface area contributed by atoms with Gasteiger partial charge in [0, 0.05) is 42.7 Å². The molecule has 0 amide bonds. The van der Waals surface area contributed by atoms with Crippen LogP contribution in [0.5, 0.6) is 0 Å². The molecule has 6 nitrogen and oxygen atoms in total. The van der Waals surface area contributed by atoms with E-state index in [0.29, 0.717) is 42.2 Å². The van der Waals surface area contributed by atoms with Gasteiger partial charge in [-0.2, -0.15) is 4.31 Å². The van der Waals surface area contributed by atoms with Crippen molar-refractivity contribution in [1.82, 2.24) is 9.62 Å². The van der Waals surface area contributed by atoms with Crippen LogP contribution in [0.25, 0.3) is 0 Å². The molecular weight excluding hydrogens is 470 g/mol. The first kappa shape index (κ1) is 24.7. The number of nitrogens with one attached hydrogen (secondary N) is 1. The lowest BCUT2D eigenvalue weighted by Crippen LogP contribution is -2.41. The van der Waals surface area contributed by atoms with E-state index < -0.39 is 10.0 Å². The second-order valence-electron chi connectivity index (χ2n) is 9.94. The Kier molecular flexibility index (Phi) is 7.23. The number of para-hydroxylation sites is 1. The Balaban J connectivity index is 1.12. The number of nitrogen functional groups attached to an aromatic ring is 1. The summed E-state index contributed by atoms with van der Waals surface area (Å²) in [6.45, 7) is 1.98. The van der Waals surface area contributed by atoms with Gasteiger partial charge < -0.3 is 11.1 Å². The summed E-state index contributed by atoms with van der Waals surface area (Å²) in [7, 11) is -3.58. The van der Waals surface area contributed by atoms with E-state index in [9.17, 15) is 13.2 Å². The first-order valence-corrected chi connectivity index (χ1v) is 14.1. The van der Waals surface area contributed by atoms with E-state index in [2.05, 4.69) is 29.6 Å². The summed E-state index contributed by atoms with van der Waals surface area (Å²) in [6.07, 6.45) is 3.07. The van der Waals surface area contributed by atoms with E-state index in [4.69, 9.17) is 5.73 Å². The number of carbonyl (C=O) groups excluding carboxylic acids is 1. The van der Waals surface area contributed by atoms with Crippen LogP contribution in [0.3, 0.4) is 0 Å². The van der Waals surface area contributed by atoms with Crippen molar-refractivity contribution in [3.8, 4) is 0 Å². The van der Waals surface area contributed by atoms with Crippen molar-refractivity contribution >= 4 is 21.5 Å². The predicted molar refractivity (Wildman–Crippen MR) is 142 cm³/mol. The second-order valence-corrected chi connectivity index (χ2v) is 11.9. The SMILES string of the molecule is Nc1ccccc1CC(=O)c1ccc(S(=O)(=O)N2CCC(CNC3CC3c3ccccc3)CC2)cc1. The van der Waals surface area contributed by atoms with E-state index in [-0.39, 0.29) is 17.1 Å². The number of rotatable bonds is 9. The molecule has 2 fully saturated rings. The highest BCUT2D eigenvalue weighted by Gasteiger charge is 2.38. The minimum Gasteiger partial charge on any atom is -0.398 e. The number of hydrogen-bond donors (Lipinski definition) is 2. The molecule has 36 heavy (non-hydrogen) atoms. The van der Waals surface area contributed by atoms with E-state index in [1.807, 2.05) is 24.3 Å². The summed E-state index contributed by atoms with van der Waals surface area (Å²) in [5, 5.41) is 3.69. The summed E-state index contributed by atoms with van der Waals surface area (Å²) in [4.78, 5) is 12.9. The van der Waals surface area contributed by atoms with Crippen LogP contribution in [0.1, 0.15) is 46.7 Å². The average molecular weight is 504 g/mol. The van der Waals surface area contributed by atoms with Gasteiger partial charge in [0.05, 0.1) is 4.90 Å². The molecule has 0 radical (unpaired) electrons. The molecule has 7 heteroatoms. The van der Waals surface area contributed by atoms with E-state index in [1.165, 1.54) is 12.0 Å². The molecular formula is C29H33N3O3S. The highest BCUT2D eigenvalue weighted by Crippen LogP contribution is 2.40. The molecule has 0 bridgehead atoms. The predicted octanol–water partition coefficient (Wildman–Crippen LogP) is 4.24. The van der Waals surface area contributed by atoms with Crippen LogP contribution in [0.2, 0.25) is 0 Å². The molecule has 188 valence electrons. The lowest BCUT2D eigenvalue weighted by molar-refractivity contribution is 0.0993. The monoisotopic (exact) mass is 503 g/mol. The van der Waals surface area contributed by atoms with Gasteiger partial charge in [-0.15, -0.1) is 0 Å². The fourth-order valence-corrected chi connectivity index (χ4v) is 6.56. The summed E-state index contributed by atoms with van der Waals surface area (Å²) in [5.41, 5.74) is 9.18. The fraction of sp³-hybridized carbons (Fsp3) is 0.345. The molecule has 2 unspecified atom stereocenters. The number of Topliss-reactive ketones (excluding diaryl/α,β-unsaturated/α-hetero) is 1. The molecule has 5 rings (SSSR count). The van der Waals surface area contributed by atoms with Gasteiger partial charge in [-0.25, -0.2) is 8.42 Å². The molecule has 2 aliphatic rings. The summed E-state index contributed by atoms with van der Waals surface area (Å²) < 4.78 is 28.0. The number of carbonyl (C=O) groups is 1. The number of nitrogens with two attached hydrogens (primary N) is 1. The Morgan fingerprint density at radius 1 is 0.917 bits per heavy atom. The Morgan fingerprint density at radius 2 is 1.58 bits per heavy atom. The molecule has 3 N–H and O–H groups in total. The Morgan fingerprint density at radius 3 is 2.28 bits per heavy atom. The van der Waals surface area contributed by atoms with Crippen molar-refractivity contribution in [1.29, 1.82) is 0 Å².